The third-order valence-electron chi connectivity index (χ3n) is 7.58. The Morgan fingerprint density at radius 3 is 2.43 bits per heavy atom. The smallest absolute Gasteiger partial charge is 0.328 e. The first-order valence-electron chi connectivity index (χ1n) is 12.4. The molecule has 3 aliphatic rings. The lowest BCUT2D eigenvalue weighted by Gasteiger charge is -2.47. The molecule has 1 aliphatic carbocycles. The number of piperidine rings is 1. The van der Waals surface area contributed by atoms with E-state index in [-0.39, 0.29) is 31.4 Å². The minimum atomic E-state index is -1.47. The molecular formula is C32H34N2O3. The van der Waals surface area contributed by atoms with Gasteiger partial charge in [0, 0.05) is 35.8 Å². The summed E-state index contributed by atoms with van der Waals surface area (Å²) < 4.78 is 5.79. The number of carbonyl (C=O) groups is 2. The highest BCUT2D eigenvalue weighted by atomic mass is 16.5. The number of esters is 1. The van der Waals surface area contributed by atoms with Crippen molar-refractivity contribution in [2.75, 3.05) is 7.05 Å². The van der Waals surface area contributed by atoms with Gasteiger partial charge in [-0.1, -0.05) is 73.4 Å². The molecule has 0 N–H and O–H groups in total. The number of carbonyl (C=O) groups excluding carboxylic acids is 2. The van der Waals surface area contributed by atoms with Gasteiger partial charge in [0.05, 0.1) is 5.71 Å². The SMILES string of the molecule is C.CN1C(=O)C(C(=O)OCc2ccccc2)(C2=NC=C(C#Cc3ccccc3)C3CC3=C2)CCC1(C)C. The average molecular weight is 495 g/mol. The van der Waals surface area contributed by atoms with Gasteiger partial charge in [0.1, 0.15) is 6.61 Å². The molecular weight excluding hydrogens is 460 g/mol. The summed E-state index contributed by atoms with van der Waals surface area (Å²) in [5, 5.41) is 0. The van der Waals surface area contributed by atoms with E-state index in [9.17, 15) is 9.59 Å². The number of hydrogen-bond donors (Lipinski definition) is 0. The molecule has 0 bridgehead atoms. The van der Waals surface area contributed by atoms with Gasteiger partial charge in [0.15, 0.2) is 5.41 Å². The monoisotopic (exact) mass is 494 g/mol. The van der Waals surface area contributed by atoms with E-state index in [2.05, 4.69) is 11.8 Å². The second-order valence-corrected chi connectivity index (χ2v) is 10.3. The summed E-state index contributed by atoms with van der Waals surface area (Å²) >= 11 is 0. The van der Waals surface area contributed by atoms with E-state index in [1.165, 1.54) is 0 Å². The van der Waals surface area contributed by atoms with Gasteiger partial charge in [-0.3, -0.25) is 14.6 Å². The average Bonchev–Trinajstić information content (AvgIpc) is 3.67. The highest BCUT2D eigenvalue weighted by Crippen LogP contribution is 2.48. The van der Waals surface area contributed by atoms with Gasteiger partial charge in [-0.25, -0.2) is 0 Å². The fourth-order valence-electron chi connectivity index (χ4n) is 4.81. The molecule has 0 spiro atoms. The number of aliphatic imine (C=N–C) groups is 1. The summed E-state index contributed by atoms with van der Waals surface area (Å²) in [6.07, 6.45) is 5.55. The highest BCUT2D eigenvalue weighted by molar-refractivity contribution is 6.27. The van der Waals surface area contributed by atoms with Crippen LogP contribution in [0.2, 0.25) is 0 Å². The van der Waals surface area contributed by atoms with Crippen LogP contribution in [0.15, 0.2) is 89.1 Å². The lowest BCUT2D eigenvalue weighted by atomic mass is 9.70. The lowest BCUT2D eigenvalue weighted by Crippen LogP contribution is -2.62. The van der Waals surface area contributed by atoms with E-state index in [1.807, 2.05) is 80.6 Å². The van der Waals surface area contributed by atoms with Crippen LogP contribution in [0.3, 0.4) is 0 Å². The summed E-state index contributed by atoms with van der Waals surface area (Å²) in [5.41, 5.74) is 2.49. The molecule has 2 aliphatic heterocycles. The maximum absolute atomic E-state index is 13.9. The molecule has 2 fully saturated rings. The summed E-state index contributed by atoms with van der Waals surface area (Å²) in [6, 6.07) is 19.3. The van der Waals surface area contributed by atoms with Crippen LogP contribution in [-0.2, 0) is 20.9 Å². The zero-order valence-corrected chi connectivity index (χ0v) is 21.0. The van der Waals surface area contributed by atoms with Crippen molar-refractivity contribution in [2.24, 2.45) is 16.3 Å². The van der Waals surface area contributed by atoms with Crippen LogP contribution in [0.25, 0.3) is 0 Å². The Morgan fingerprint density at radius 2 is 1.73 bits per heavy atom. The third kappa shape index (κ3) is 5.02. The maximum atomic E-state index is 13.9. The molecule has 190 valence electrons. The lowest BCUT2D eigenvalue weighted by molar-refractivity contribution is -0.167. The Bertz CT molecular complexity index is 1340. The fourth-order valence-corrected chi connectivity index (χ4v) is 4.81. The third-order valence-corrected chi connectivity index (χ3v) is 7.58. The van der Waals surface area contributed by atoms with Gasteiger partial charge in [-0.05, 0) is 56.9 Å². The minimum Gasteiger partial charge on any atom is -0.460 e. The van der Waals surface area contributed by atoms with Gasteiger partial charge >= 0.3 is 5.97 Å². The summed E-state index contributed by atoms with van der Waals surface area (Å²) in [7, 11) is 1.76. The molecule has 2 unspecified atom stereocenters. The number of hydrogen-bond acceptors (Lipinski definition) is 4. The highest BCUT2D eigenvalue weighted by Gasteiger charge is 2.58. The number of benzene rings is 2. The van der Waals surface area contributed by atoms with Crippen molar-refractivity contribution in [2.45, 2.75) is 52.7 Å². The predicted octanol–water partition coefficient (Wildman–Crippen LogP) is 5.72. The van der Waals surface area contributed by atoms with Crippen molar-refractivity contribution in [3.63, 3.8) is 0 Å². The van der Waals surface area contributed by atoms with E-state index in [0.29, 0.717) is 18.6 Å². The molecule has 0 radical (unpaired) electrons. The molecule has 0 aromatic heterocycles. The van der Waals surface area contributed by atoms with Crippen LogP contribution >= 0.6 is 0 Å². The molecule has 1 saturated carbocycles. The van der Waals surface area contributed by atoms with Crippen molar-refractivity contribution in [1.29, 1.82) is 0 Å². The van der Waals surface area contributed by atoms with Crippen molar-refractivity contribution in [1.82, 2.24) is 4.90 Å². The molecule has 5 heteroatoms. The van der Waals surface area contributed by atoms with Gasteiger partial charge in [-0.2, -0.15) is 0 Å². The minimum absolute atomic E-state index is 0. The second-order valence-electron chi connectivity index (χ2n) is 10.3. The first-order chi connectivity index (χ1) is 17.3. The standard InChI is InChI=1S/C31H30N2O3.CH4/c1-30(2)16-17-31(28(34)33(30)3,29(35)36-21-23-12-8-5-9-13-23)27-19-25-18-26(25)24(20-32-27)15-14-22-10-6-4-7-11-22;/h4-13,19-20,26H,16-18,21H2,1-3H3;1H4. The Balaban J connectivity index is 0.00000320. The number of nitrogens with zero attached hydrogens (tertiary/aromatic N) is 2. The predicted molar refractivity (Wildman–Crippen MR) is 147 cm³/mol. The van der Waals surface area contributed by atoms with E-state index < -0.39 is 11.4 Å². The molecule has 5 rings (SSSR count). The zero-order valence-electron chi connectivity index (χ0n) is 21.0. The molecule has 5 nitrogen and oxygen atoms in total. The quantitative estimate of drug-likeness (QED) is 0.310. The summed E-state index contributed by atoms with van der Waals surface area (Å²) in [4.78, 5) is 34.1. The van der Waals surface area contributed by atoms with Crippen molar-refractivity contribution in [3.8, 4) is 11.8 Å². The molecule has 37 heavy (non-hydrogen) atoms. The van der Waals surface area contributed by atoms with Gasteiger partial charge in [-0.15, -0.1) is 0 Å². The molecule has 2 aromatic carbocycles. The van der Waals surface area contributed by atoms with E-state index in [4.69, 9.17) is 9.73 Å². The van der Waals surface area contributed by atoms with Crippen LogP contribution in [0, 0.1) is 23.2 Å². The van der Waals surface area contributed by atoms with Crippen LogP contribution in [-0.4, -0.2) is 35.1 Å². The molecule has 2 aromatic rings. The molecule has 2 heterocycles. The van der Waals surface area contributed by atoms with Gasteiger partial charge in [0.25, 0.3) is 0 Å². The first kappa shape index (κ1) is 26.2. The van der Waals surface area contributed by atoms with E-state index >= 15 is 0 Å². The summed E-state index contributed by atoms with van der Waals surface area (Å²) in [6.45, 7) is 4.15. The van der Waals surface area contributed by atoms with E-state index in [0.717, 1.165) is 28.7 Å². The number of likely N-dealkylation sites (tertiary alicyclic amines) is 1. The Morgan fingerprint density at radius 1 is 1.05 bits per heavy atom. The number of fused-ring (bicyclic) bond motifs is 1. The first-order valence-corrected chi connectivity index (χ1v) is 12.4. The summed E-state index contributed by atoms with van der Waals surface area (Å²) in [5.74, 6) is 5.85. The van der Waals surface area contributed by atoms with Crippen LogP contribution in [0.4, 0.5) is 0 Å². The largest absolute Gasteiger partial charge is 0.460 e. The van der Waals surface area contributed by atoms with Crippen molar-refractivity contribution in [3.05, 3.63) is 95.2 Å². The van der Waals surface area contributed by atoms with Crippen LogP contribution in [0.5, 0.6) is 0 Å². The number of allylic oxidation sites excluding steroid dienone is 3. The fraction of sp³-hybridized carbons (Fsp3) is 0.344. The molecule has 1 saturated heterocycles. The number of rotatable bonds is 4. The molecule has 2 atom stereocenters. The van der Waals surface area contributed by atoms with Crippen molar-refractivity contribution >= 4 is 17.6 Å². The normalized spacial score (nSPS) is 23.5. The molecule has 1 amide bonds. The van der Waals surface area contributed by atoms with E-state index in [1.54, 1.807) is 18.1 Å². The van der Waals surface area contributed by atoms with Crippen LogP contribution in [0.1, 0.15) is 51.7 Å². The van der Waals surface area contributed by atoms with Gasteiger partial charge < -0.3 is 9.64 Å². The Hall–Kier alpha value is -3.91. The number of amides is 1. The maximum Gasteiger partial charge on any atom is 0.328 e. The Labute approximate surface area is 219 Å². The van der Waals surface area contributed by atoms with Gasteiger partial charge in [0.2, 0.25) is 5.91 Å². The topological polar surface area (TPSA) is 59.0 Å². The van der Waals surface area contributed by atoms with Crippen LogP contribution < -0.4 is 0 Å². The Kier molecular flexibility index (Phi) is 7.23. The number of ether oxygens (including phenoxy) is 1. The second kappa shape index (κ2) is 10.2. The van der Waals surface area contributed by atoms with Crippen molar-refractivity contribution < 1.29 is 14.3 Å². The zero-order chi connectivity index (χ0) is 25.3.